The number of carbonyl (C=O) groups excluding carboxylic acids is 2. The maximum Gasteiger partial charge on any atom is 0.324 e. The molecule has 0 atom stereocenters. The molecule has 2 aliphatic rings. The Labute approximate surface area is 82.4 Å². The molecular formula is C9H14N2O3. The van der Waals surface area contributed by atoms with Gasteiger partial charge in [-0.05, 0) is 18.8 Å². The topological polar surface area (TPSA) is 58.6 Å². The Morgan fingerprint density at radius 1 is 1.43 bits per heavy atom. The summed E-state index contributed by atoms with van der Waals surface area (Å²) in [6.45, 7) is 2.00. The maximum absolute atomic E-state index is 11.1. The first-order valence-corrected chi connectivity index (χ1v) is 4.92. The van der Waals surface area contributed by atoms with E-state index in [1.54, 1.807) is 0 Å². The first-order chi connectivity index (χ1) is 6.75. The van der Waals surface area contributed by atoms with Crippen molar-refractivity contribution in [2.24, 2.45) is 5.92 Å². The molecule has 0 aromatic heterocycles. The van der Waals surface area contributed by atoms with Crippen molar-refractivity contribution in [1.29, 1.82) is 0 Å². The molecular weight excluding hydrogens is 184 g/mol. The van der Waals surface area contributed by atoms with Gasteiger partial charge in [-0.1, -0.05) is 0 Å². The van der Waals surface area contributed by atoms with Gasteiger partial charge in [0.15, 0.2) is 0 Å². The van der Waals surface area contributed by atoms with Gasteiger partial charge in [-0.25, -0.2) is 4.79 Å². The van der Waals surface area contributed by atoms with Crippen molar-refractivity contribution in [3.63, 3.8) is 0 Å². The molecule has 0 aromatic carbocycles. The highest BCUT2D eigenvalue weighted by Crippen LogP contribution is 2.28. The largest absolute Gasteiger partial charge is 0.379 e. The van der Waals surface area contributed by atoms with Gasteiger partial charge in [0, 0.05) is 13.2 Å². The van der Waals surface area contributed by atoms with Crippen LogP contribution in [0, 0.1) is 5.92 Å². The lowest BCUT2D eigenvalue weighted by Crippen LogP contribution is -2.31. The molecule has 1 aliphatic heterocycles. The molecule has 1 N–H and O–H groups in total. The van der Waals surface area contributed by atoms with Crippen molar-refractivity contribution in [2.75, 3.05) is 26.3 Å². The second-order valence-corrected chi connectivity index (χ2v) is 3.79. The third-order valence-corrected chi connectivity index (χ3v) is 2.42. The van der Waals surface area contributed by atoms with E-state index < -0.39 is 0 Å². The first-order valence-electron chi connectivity index (χ1n) is 4.92. The van der Waals surface area contributed by atoms with Crippen molar-refractivity contribution >= 4 is 11.9 Å². The predicted octanol–water partition coefficient (Wildman–Crippen LogP) is -0.0352. The highest BCUT2D eigenvalue weighted by atomic mass is 16.5. The van der Waals surface area contributed by atoms with Gasteiger partial charge in [-0.2, -0.15) is 0 Å². The summed E-state index contributed by atoms with van der Waals surface area (Å²) in [4.78, 5) is 23.3. The number of nitrogens with one attached hydrogen (secondary N) is 1. The van der Waals surface area contributed by atoms with E-state index >= 15 is 0 Å². The second kappa shape index (κ2) is 3.96. The molecule has 78 valence electrons. The number of hydrogen-bond donors (Lipinski definition) is 1. The Hall–Kier alpha value is -1.10. The van der Waals surface area contributed by atoms with Crippen LogP contribution in [0.15, 0.2) is 0 Å². The summed E-state index contributed by atoms with van der Waals surface area (Å²) >= 11 is 0. The molecule has 0 unspecified atom stereocenters. The molecule has 14 heavy (non-hydrogen) atoms. The monoisotopic (exact) mass is 198 g/mol. The number of carbonyl (C=O) groups is 2. The lowest BCUT2D eigenvalue weighted by molar-refractivity contribution is -0.118. The average molecular weight is 198 g/mol. The van der Waals surface area contributed by atoms with Crippen LogP contribution in [-0.2, 0) is 9.53 Å². The normalized spacial score (nSPS) is 21.6. The minimum Gasteiger partial charge on any atom is -0.379 e. The number of imide groups is 1. The van der Waals surface area contributed by atoms with Crippen LogP contribution < -0.4 is 5.32 Å². The fraction of sp³-hybridized carbons (Fsp3) is 0.778. The van der Waals surface area contributed by atoms with Crippen LogP contribution >= 0.6 is 0 Å². The smallest absolute Gasteiger partial charge is 0.324 e. The number of urea groups is 1. The van der Waals surface area contributed by atoms with Crippen molar-refractivity contribution in [1.82, 2.24) is 10.2 Å². The summed E-state index contributed by atoms with van der Waals surface area (Å²) in [5.74, 6) is 0.515. The number of ether oxygens (including phenoxy) is 1. The molecule has 2 fully saturated rings. The maximum atomic E-state index is 11.1. The number of amides is 3. The van der Waals surface area contributed by atoms with E-state index in [0.29, 0.717) is 13.2 Å². The van der Waals surface area contributed by atoms with E-state index in [4.69, 9.17) is 4.74 Å². The zero-order valence-corrected chi connectivity index (χ0v) is 7.99. The summed E-state index contributed by atoms with van der Waals surface area (Å²) in [5.41, 5.74) is 0. The summed E-state index contributed by atoms with van der Waals surface area (Å²) in [7, 11) is 0. The molecule has 2 rings (SSSR count). The van der Waals surface area contributed by atoms with Gasteiger partial charge < -0.3 is 9.64 Å². The van der Waals surface area contributed by atoms with E-state index in [-0.39, 0.29) is 18.5 Å². The van der Waals surface area contributed by atoms with Crippen molar-refractivity contribution in [2.45, 2.75) is 12.8 Å². The molecule has 0 radical (unpaired) electrons. The highest BCUT2D eigenvalue weighted by Gasteiger charge is 2.26. The Bertz CT molecular complexity index is 250. The lowest BCUT2D eigenvalue weighted by Gasteiger charge is -2.12. The van der Waals surface area contributed by atoms with Crippen molar-refractivity contribution < 1.29 is 14.3 Å². The average Bonchev–Trinajstić information content (AvgIpc) is 2.88. The summed E-state index contributed by atoms with van der Waals surface area (Å²) in [6, 6.07) is -0.301. The summed E-state index contributed by atoms with van der Waals surface area (Å²) in [5, 5.41) is 2.22. The van der Waals surface area contributed by atoms with Crippen LogP contribution in [0.1, 0.15) is 12.8 Å². The molecule has 1 saturated carbocycles. The molecule has 1 heterocycles. The molecule has 0 bridgehead atoms. The third-order valence-electron chi connectivity index (χ3n) is 2.42. The lowest BCUT2D eigenvalue weighted by atomic mass is 10.5. The highest BCUT2D eigenvalue weighted by molar-refractivity contribution is 6.01. The van der Waals surface area contributed by atoms with Crippen LogP contribution in [-0.4, -0.2) is 43.1 Å². The fourth-order valence-corrected chi connectivity index (χ4v) is 1.37. The molecule has 0 aromatic rings. The molecule has 5 nitrogen and oxygen atoms in total. The zero-order chi connectivity index (χ0) is 9.97. The van der Waals surface area contributed by atoms with Gasteiger partial charge in [0.05, 0.1) is 6.61 Å². The van der Waals surface area contributed by atoms with Gasteiger partial charge in [0.25, 0.3) is 0 Å². The number of nitrogens with zero attached hydrogens (tertiary/aromatic N) is 1. The second-order valence-electron chi connectivity index (χ2n) is 3.79. The SMILES string of the molecule is O=C1CN(CCOCC2CC2)C(=O)N1. The summed E-state index contributed by atoms with van der Waals surface area (Å²) < 4.78 is 5.37. The predicted molar refractivity (Wildman–Crippen MR) is 48.7 cm³/mol. The van der Waals surface area contributed by atoms with Crippen molar-refractivity contribution in [3.8, 4) is 0 Å². The van der Waals surface area contributed by atoms with E-state index in [9.17, 15) is 9.59 Å². The van der Waals surface area contributed by atoms with Crippen LogP contribution in [0.5, 0.6) is 0 Å². The van der Waals surface area contributed by atoms with Gasteiger partial charge in [-0.3, -0.25) is 10.1 Å². The van der Waals surface area contributed by atoms with Crippen LogP contribution in [0.3, 0.4) is 0 Å². The van der Waals surface area contributed by atoms with Gasteiger partial charge in [0.1, 0.15) is 6.54 Å². The van der Waals surface area contributed by atoms with Gasteiger partial charge in [0.2, 0.25) is 5.91 Å². The number of rotatable bonds is 5. The van der Waals surface area contributed by atoms with E-state index in [1.807, 2.05) is 0 Å². The molecule has 3 amide bonds. The number of hydrogen-bond acceptors (Lipinski definition) is 3. The van der Waals surface area contributed by atoms with E-state index in [2.05, 4.69) is 5.32 Å². The van der Waals surface area contributed by atoms with Crippen molar-refractivity contribution in [3.05, 3.63) is 0 Å². The van der Waals surface area contributed by atoms with Crippen LogP contribution in [0.2, 0.25) is 0 Å². The Morgan fingerprint density at radius 3 is 2.79 bits per heavy atom. The van der Waals surface area contributed by atoms with E-state index in [0.717, 1.165) is 12.5 Å². The Morgan fingerprint density at radius 2 is 2.21 bits per heavy atom. The quantitative estimate of drug-likeness (QED) is 0.498. The first kappa shape index (κ1) is 9.45. The molecule has 1 aliphatic carbocycles. The molecule has 0 spiro atoms. The van der Waals surface area contributed by atoms with E-state index in [1.165, 1.54) is 17.7 Å². The minimum absolute atomic E-state index is 0.172. The third kappa shape index (κ3) is 2.45. The Balaban J connectivity index is 1.59. The molecule has 1 saturated heterocycles. The van der Waals surface area contributed by atoms with Gasteiger partial charge in [-0.15, -0.1) is 0 Å². The standard InChI is InChI=1S/C9H14N2O3/c12-8-5-11(9(13)10-8)3-4-14-6-7-1-2-7/h7H,1-6H2,(H,10,12,13). The Kier molecular flexibility index (Phi) is 2.67. The molecule has 5 heteroatoms. The van der Waals surface area contributed by atoms with Crippen LogP contribution in [0.25, 0.3) is 0 Å². The fourth-order valence-electron chi connectivity index (χ4n) is 1.37. The minimum atomic E-state index is -0.301. The van der Waals surface area contributed by atoms with Crippen LogP contribution in [0.4, 0.5) is 4.79 Å². The zero-order valence-electron chi connectivity index (χ0n) is 7.99. The van der Waals surface area contributed by atoms with Gasteiger partial charge >= 0.3 is 6.03 Å². The summed E-state index contributed by atoms with van der Waals surface area (Å²) in [6.07, 6.45) is 2.53.